The van der Waals surface area contributed by atoms with Gasteiger partial charge in [-0.1, -0.05) is 18.2 Å². The fourth-order valence-corrected chi connectivity index (χ4v) is 2.05. The average molecular weight is 337 g/mol. The average Bonchev–Trinajstić information content (AvgIpc) is 2.45. The third-order valence-electron chi connectivity index (χ3n) is 2.50. The molecule has 0 bridgehead atoms. The molecule has 2 amide bonds. The number of halogens is 2. The van der Waals surface area contributed by atoms with Crippen LogP contribution in [0.5, 0.6) is 0 Å². The Hall–Kier alpha value is -2.21. The molecule has 0 aromatic heterocycles. The summed E-state index contributed by atoms with van der Waals surface area (Å²) in [7, 11) is 0. The highest BCUT2D eigenvalue weighted by atomic mass is 79.9. The van der Waals surface area contributed by atoms with Crippen LogP contribution in [0, 0.1) is 5.82 Å². The molecule has 2 N–H and O–H groups in total. The Labute approximate surface area is 123 Å². The van der Waals surface area contributed by atoms with Crippen molar-refractivity contribution in [1.82, 2.24) is 10.9 Å². The van der Waals surface area contributed by atoms with E-state index in [2.05, 4.69) is 26.8 Å². The minimum Gasteiger partial charge on any atom is -0.267 e. The maximum absolute atomic E-state index is 12.9. The maximum Gasteiger partial charge on any atom is 0.270 e. The first-order valence-electron chi connectivity index (χ1n) is 5.68. The van der Waals surface area contributed by atoms with Gasteiger partial charge >= 0.3 is 0 Å². The zero-order chi connectivity index (χ0) is 14.5. The van der Waals surface area contributed by atoms with Gasteiger partial charge in [0.15, 0.2) is 0 Å². The van der Waals surface area contributed by atoms with Gasteiger partial charge in [-0.3, -0.25) is 20.4 Å². The Balaban J connectivity index is 2.00. The zero-order valence-electron chi connectivity index (χ0n) is 10.2. The van der Waals surface area contributed by atoms with E-state index in [9.17, 15) is 14.0 Å². The van der Waals surface area contributed by atoms with Gasteiger partial charge in [0.25, 0.3) is 11.8 Å². The van der Waals surface area contributed by atoms with Gasteiger partial charge < -0.3 is 0 Å². The number of hydrogen-bond acceptors (Lipinski definition) is 2. The topological polar surface area (TPSA) is 58.2 Å². The number of amides is 2. The van der Waals surface area contributed by atoms with Gasteiger partial charge in [-0.05, 0) is 46.3 Å². The second-order valence-electron chi connectivity index (χ2n) is 3.90. The molecular formula is C14H10BrFN2O2. The van der Waals surface area contributed by atoms with E-state index in [0.717, 1.165) is 0 Å². The van der Waals surface area contributed by atoms with Gasteiger partial charge in [0, 0.05) is 10.0 Å². The molecule has 0 heterocycles. The normalized spacial score (nSPS) is 9.90. The van der Waals surface area contributed by atoms with Crippen molar-refractivity contribution in [2.45, 2.75) is 0 Å². The predicted molar refractivity (Wildman–Crippen MR) is 75.5 cm³/mol. The summed E-state index contributed by atoms with van der Waals surface area (Å²) in [5.74, 6) is -1.43. The van der Waals surface area contributed by atoms with Crippen molar-refractivity contribution in [1.29, 1.82) is 0 Å². The van der Waals surface area contributed by atoms with Gasteiger partial charge in [-0.25, -0.2) is 4.39 Å². The highest BCUT2D eigenvalue weighted by Crippen LogP contribution is 2.17. The van der Waals surface area contributed by atoms with Crippen molar-refractivity contribution in [2.75, 3.05) is 0 Å². The molecule has 0 aliphatic heterocycles. The van der Waals surface area contributed by atoms with Crippen LogP contribution in [0.1, 0.15) is 20.7 Å². The number of carbonyl (C=O) groups is 2. The Morgan fingerprint density at radius 2 is 1.60 bits per heavy atom. The first-order valence-corrected chi connectivity index (χ1v) is 6.48. The minimum atomic E-state index is -0.541. The van der Waals surface area contributed by atoms with Crippen molar-refractivity contribution in [2.24, 2.45) is 0 Å². The van der Waals surface area contributed by atoms with Crippen molar-refractivity contribution >= 4 is 27.7 Å². The fraction of sp³-hybridized carbons (Fsp3) is 0. The van der Waals surface area contributed by atoms with Crippen LogP contribution in [-0.2, 0) is 0 Å². The highest BCUT2D eigenvalue weighted by molar-refractivity contribution is 9.10. The smallest absolute Gasteiger partial charge is 0.267 e. The summed E-state index contributed by atoms with van der Waals surface area (Å²) in [6, 6.07) is 12.1. The van der Waals surface area contributed by atoms with E-state index < -0.39 is 17.6 Å². The number of rotatable bonds is 2. The lowest BCUT2D eigenvalue weighted by Crippen LogP contribution is -2.41. The lowest BCUT2D eigenvalue weighted by molar-refractivity contribution is 0.0846. The number of carbonyl (C=O) groups excluding carboxylic acids is 2. The summed E-state index contributed by atoms with van der Waals surface area (Å²) in [5.41, 5.74) is 5.20. The van der Waals surface area contributed by atoms with Crippen LogP contribution in [0.3, 0.4) is 0 Å². The molecule has 4 nitrogen and oxygen atoms in total. The van der Waals surface area contributed by atoms with Gasteiger partial charge in [0.1, 0.15) is 5.82 Å². The first kappa shape index (κ1) is 14.2. The molecule has 0 fully saturated rings. The van der Waals surface area contributed by atoms with Crippen LogP contribution >= 0.6 is 15.9 Å². The number of nitrogens with one attached hydrogen (secondary N) is 2. The summed E-state index contributed by atoms with van der Waals surface area (Å²) in [6.45, 7) is 0. The third-order valence-corrected chi connectivity index (χ3v) is 3.16. The van der Waals surface area contributed by atoms with Gasteiger partial charge in [-0.15, -0.1) is 0 Å². The zero-order valence-corrected chi connectivity index (χ0v) is 11.8. The number of hydrazine groups is 1. The summed E-state index contributed by atoms with van der Waals surface area (Å²) in [6.07, 6.45) is 0. The highest BCUT2D eigenvalue weighted by Gasteiger charge is 2.12. The van der Waals surface area contributed by atoms with E-state index in [-0.39, 0.29) is 5.56 Å². The van der Waals surface area contributed by atoms with Crippen LogP contribution in [-0.4, -0.2) is 11.8 Å². The fourth-order valence-electron chi connectivity index (χ4n) is 1.52. The molecule has 0 aliphatic rings. The Morgan fingerprint density at radius 1 is 0.950 bits per heavy atom. The molecule has 6 heteroatoms. The van der Waals surface area contributed by atoms with Gasteiger partial charge in [0.2, 0.25) is 0 Å². The number of hydrogen-bond donors (Lipinski definition) is 2. The minimum absolute atomic E-state index is 0.222. The summed E-state index contributed by atoms with van der Waals surface area (Å²) in [4.78, 5) is 23.6. The lowest BCUT2D eigenvalue weighted by Gasteiger charge is -2.08. The maximum atomic E-state index is 12.9. The predicted octanol–water partition coefficient (Wildman–Crippen LogP) is 2.66. The Morgan fingerprint density at radius 3 is 2.25 bits per heavy atom. The summed E-state index contributed by atoms with van der Waals surface area (Å²) >= 11 is 3.09. The molecule has 0 saturated heterocycles. The van der Waals surface area contributed by atoms with Crippen LogP contribution in [0.2, 0.25) is 0 Å². The lowest BCUT2D eigenvalue weighted by atomic mass is 10.2. The second kappa shape index (κ2) is 6.29. The van der Waals surface area contributed by atoms with Gasteiger partial charge in [0.05, 0.1) is 5.56 Å². The van der Waals surface area contributed by atoms with Crippen LogP contribution < -0.4 is 10.9 Å². The van der Waals surface area contributed by atoms with E-state index >= 15 is 0 Å². The molecule has 20 heavy (non-hydrogen) atoms. The summed E-state index contributed by atoms with van der Waals surface area (Å²) < 4.78 is 13.2. The van der Waals surface area contributed by atoms with Crippen molar-refractivity contribution in [3.05, 3.63) is 69.9 Å². The SMILES string of the molecule is O=C(NNC(=O)c1ccc(F)cc1Br)c1ccccc1. The van der Waals surface area contributed by atoms with E-state index in [1.165, 1.54) is 18.2 Å². The molecule has 0 atom stereocenters. The molecule has 2 aromatic carbocycles. The Bertz CT molecular complexity index is 647. The first-order chi connectivity index (χ1) is 9.58. The van der Waals surface area contributed by atoms with E-state index in [1.807, 2.05) is 0 Å². The standard InChI is InChI=1S/C14H10BrFN2O2/c15-12-8-10(16)6-7-11(12)14(20)18-17-13(19)9-4-2-1-3-5-9/h1-8H,(H,17,19)(H,18,20). The summed E-state index contributed by atoms with van der Waals surface area (Å²) in [5, 5.41) is 0. The van der Waals surface area contributed by atoms with Crippen LogP contribution in [0.4, 0.5) is 4.39 Å². The van der Waals surface area contributed by atoms with Crippen LogP contribution in [0.25, 0.3) is 0 Å². The van der Waals surface area contributed by atoms with E-state index in [4.69, 9.17) is 0 Å². The van der Waals surface area contributed by atoms with Crippen molar-refractivity contribution in [3.8, 4) is 0 Å². The molecule has 0 radical (unpaired) electrons. The second-order valence-corrected chi connectivity index (χ2v) is 4.75. The van der Waals surface area contributed by atoms with Crippen molar-refractivity contribution in [3.63, 3.8) is 0 Å². The van der Waals surface area contributed by atoms with Gasteiger partial charge in [-0.2, -0.15) is 0 Å². The largest absolute Gasteiger partial charge is 0.270 e. The van der Waals surface area contributed by atoms with Crippen LogP contribution in [0.15, 0.2) is 53.0 Å². The monoisotopic (exact) mass is 336 g/mol. The molecule has 102 valence electrons. The molecular weight excluding hydrogens is 327 g/mol. The number of benzene rings is 2. The van der Waals surface area contributed by atoms with E-state index in [1.54, 1.807) is 30.3 Å². The Kier molecular flexibility index (Phi) is 4.47. The van der Waals surface area contributed by atoms with Crippen molar-refractivity contribution < 1.29 is 14.0 Å². The molecule has 0 spiro atoms. The molecule has 0 unspecified atom stereocenters. The quantitative estimate of drug-likeness (QED) is 0.828. The molecule has 2 aromatic rings. The molecule has 0 saturated carbocycles. The van der Waals surface area contributed by atoms with E-state index in [0.29, 0.717) is 10.0 Å². The molecule has 0 aliphatic carbocycles. The molecule has 2 rings (SSSR count). The third kappa shape index (κ3) is 3.42.